The van der Waals surface area contributed by atoms with Crippen LogP contribution in [0.1, 0.15) is 25.3 Å². The lowest BCUT2D eigenvalue weighted by Crippen LogP contribution is -1.93. The van der Waals surface area contributed by atoms with Crippen molar-refractivity contribution < 1.29 is 4.92 Å². The average Bonchev–Trinajstić information content (AvgIpc) is 2.03. The molecule has 0 saturated heterocycles. The van der Waals surface area contributed by atoms with E-state index in [0.29, 0.717) is 5.92 Å². The van der Waals surface area contributed by atoms with Crippen molar-refractivity contribution in [1.82, 2.24) is 0 Å². The van der Waals surface area contributed by atoms with E-state index in [-0.39, 0.29) is 10.6 Å². The first kappa shape index (κ1) is 10.4. The predicted octanol–water partition coefficient (Wildman–Crippen LogP) is 3.32. The van der Waals surface area contributed by atoms with Gasteiger partial charge in [0, 0.05) is 15.7 Å². The Hall–Kier alpha value is -0.650. The second-order valence-corrected chi connectivity index (χ2v) is 4.40. The smallest absolute Gasteiger partial charge is 0.258 e. The van der Waals surface area contributed by atoms with Crippen LogP contribution in [0.25, 0.3) is 0 Å². The van der Waals surface area contributed by atoms with E-state index in [0.717, 1.165) is 9.13 Å². The monoisotopic (exact) mass is 291 g/mol. The molecule has 1 rings (SSSR count). The average molecular weight is 291 g/mol. The van der Waals surface area contributed by atoms with Gasteiger partial charge in [-0.15, -0.1) is 0 Å². The zero-order chi connectivity index (χ0) is 10.0. The first-order chi connectivity index (χ1) is 6.00. The molecule has 0 heterocycles. The molecule has 13 heavy (non-hydrogen) atoms. The van der Waals surface area contributed by atoms with Crippen LogP contribution in [0.2, 0.25) is 0 Å². The largest absolute Gasteiger partial charge is 0.270 e. The summed E-state index contributed by atoms with van der Waals surface area (Å²) in [6.07, 6.45) is 0. The SMILES string of the molecule is CC(C)c1cc(I)cc([N+](=O)[O-])c1. The van der Waals surface area contributed by atoms with Crippen LogP contribution in [-0.4, -0.2) is 4.92 Å². The van der Waals surface area contributed by atoms with Gasteiger partial charge < -0.3 is 0 Å². The van der Waals surface area contributed by atoms with E-state index >= 15 is 0 Å². The highest BCUT2D eigenvalue weighted by Crippen LogP contribution is 2.23. The molecule has 0 amide bonds. The molecule has 0 spiro atoms. The maximum Gasteiger partial charge on any atom is 0.270 e. The summed E-state index contributed by atoms with van der Waals surface area (Å²) in [4.78, 5) is 10.2. The Balaban J connectivity index is 3.19. The molecule has 0 aliphatic rings. The van der Waals surface area contributed by atoms with Crippen molar-refractivity contribution in [2.75, 3.05) is 0 Å². The Labute approximate surface area is 90.4 Å². The number of non-ortho nitro benzene ring substituents is 1. The molecule has 1 aromatic rings. The van der Waals surface area contributed by atoms with Gasteiger partial charge in [0.05, 0.1) is 4.92 Å². The highest BCUT2D eigenvalue weighted by atomic mass is 127. The molecule has 0 saturated carbocycles. The Kier molecular flexibility index (Phi) is 3.24. The van der Waals surface area contributed by atoms with Crippen molar-refractivity contribution in [3.05, 3.63) is 37.4 Å². The van der Waals surface area contributed by atoms with Crippen molar-refractivity contribution in [2.24, 2.45) is 0 Å². The first-order valence-corrected chi connectivity index (χ1v) is 5.03. The van der Waals surface area contributed by atoms with Crippen LogP contribution in [0.3, 0.4) is 0 Å². The number of hydrogen-bond donors (Lipinski definition) is 0. The van der Waals surface area contributed by atoms with Crippen LogP contribution in [0.5, 0.6) is 0 Å². The molecule has 0 N–H and O–H groups in total. The molecule has 0 aromatic heterocycles. The Morgan fingerprint density at radius 1 is 1.38 bits per heavy atom. The van der Waals surface area contributed by atoms with Gasteiger partial charge in [-0.25, -0.2) is 0 Å². The van der Waals surface area contributed by atoms with Crippen molar-refractivity contribution >= 4 is 28.3 Å². The van der Waals surface area contributed by atoms with Gasteiger partial charge in [-0.1, -0.05) is 13.8 Å². The number of nitro groups is 1. The third-order valence-electron chi connectivity index (χ3n) is 1.78. The molecule has 0 fully saturated rings. The van der Waals surface area contributed by atoms with Gasteiger partial charge in [-0.3, -0.25) is 10.1 Å². The van der Waals surface area contributed by atoms with Gasteiger partial charge in [0.15, 0.2) is 0 Å². The summed E-state index contributed by atoms with van der Waals surface area (Å²) in [6, 6.07) is 5.18. The lowest BCUT2D eigenvalue weighted by molar-refractivity contribution is -0.385. The number of rotatable bonds is 2. The van der Waals surface area contributed by atoms with Crippen molar-refractivity contribution in [2.45, 2.75) is 19.8 Å². The number of benzene rings is 1. The summed E-state index contributed by atoms with van der Waals surface area (Å²) >= 11 is 2.09. The summed E-state index contributed by atoms with van der Waals surface area (Å²) < 4.78 is 0.913. The van der Waals surface area contributed by atoms with Crippen molar-refractivity contribution in [3.63, 3.8) is 0 Å². The molecule has 1 aromatic carbocycles. The summed E-state index contributed by atoms with van der Waals surface area (Å²) in [7, 11) is 0. The quantitative estimate of drug-likeness (QED) is 0.476. The maximum absolute atomic E-state index is 10.5. The summed E-state index contributed by atoms with van der Waals surface area (Å²) in [6.45, 7) is 4.05. The van der Waals surface area contributed by atoms with Crippen LogP contribution in [0.4, 0.5) is 5.69 Å². The molecule has 70 valence electrons. The first-order valence-electron chi connectivity index (χ1n) is 3.95. The van der Waals surface area contributed by atoms with E-state index in [4.69, 9.17) is 0 Å². The highest BCUT2D eigenvalue weighted by molar-refractivity contribution is 14.1. The minimum Gasteiger partial charge on any atom is -0.258 e. The fourth-order valence-electron chi connectivity index (χ4n) is 1.03. The molecule has 0 unspecified atom stereocenters. The van der Waals surface area contributed by atoms with Crippen LogP contribution in [-0.2, 0) is 0 Å². The van der Waals surface area contributed by atoms with E-state index in [2.05, 4.69) is 22.6 Å². The maximum atomic E-state index is 10.5. The number of nitro benzene ring substituents is 1. The molecule has 0 aliphatic heterocycles. The van der Waals surface area contributed by atoms with E-state index < -0.39 is 0 Å². The predicted molar refractivity (Wildman–Crippen MR) is 59.9 cm³/mol. The lowest BCUT2D eigenvalue weighted by atomic mass is 10.0. The van der Waals surface area contributed by atoms with Crippen LogP contribution in [0, 0.1) is 13.7 Å². The fraction of sp³-hybridized carbons (Fsp3) is 0.333. The van der Waals surface area contributed by atoms with Crippen LogP contribution in [0.15, 0.2) is 18.2 Å². The lowest BCUT2D eigenvalue weighted by Gasteiger charge is -2.05. The molecule has 0 radical (unpaired) electrons. The van der Waals surface area contributed by atoms with E-state index in [1.807, 2.05) is 19.9 Å². The normalized spacial score (nSPS) is 10.5. The number of hydrogen-bond acceptors (Lipinski definition) is 2. The number of halogens is 1. The topological polar surface area (TPSA) is 43.1 Å². The van der Waals surface area contributed by atoms with E-state index in [1.165, 1.54) is 0 Å². The highest BCUT2D eigenvalue weighted by Gasteiger charge is 2.10. The molecule has 0 atom stereocenters. The third kappa shape index (κ3) is 2.65. The van der Waals surface area contributed by atoms with Crippen molar-refractivity contribution in [1.29, 1.82) is 0 Å². The van der Waals surface area contributed by atoms with Crippen LogP contribution >= 0.6 is 22.6 Å². The third-order valence-corrected chi connectivity index (χ3v) is 2.41. The molecule has 3 nitrogen and oxygen atoms in total. The standard InChI is InChI=1S/C9H10INO2/c1-6(2)7-3-8(10)5-9(4-7)11(12)13/h3-6H,1-2H3. The fourth-order valence-corrected chi connectivity index (χ4v) is 1.71. The van der Waals surface area contributed by atoms with E-state index in [9.17, 15) is 10.1 Å². The molecule has 4 heteroatoms. The number of nitrogens with zero attached hydrogens (tertiary/aromatic N) is 1. The van der Waals surface area contributed by atoms with Crippen molar-refractivity contribution in [3.8, 4) is 0 Å². The zero-order valence-corrected chi connectivity index (χ0v) is 9.61. The zero-order valence-electron chi connectivity index (χ0n) is 7.45. The minimum atomic E-state index is -0.353. The molecular weight excluding hydrogens is 281 g/mol. The van der Waals surface area contributed by atoms with Gasteiger partial charge in [0.2, 0.25) is 0 Å². The minimum absolute atomic E-state index is 0.176. The Bertz CT molecular complexity index is 336. The van der Waals surface area contributed by atoms with Gasteiger partial charge >= 0.3 is 0 Å². The van der Waals surface area contributed by atoms with Gasteiger partial charge in [-0.05, 0) is 40.1 Å². The Morgan fingerprint density at radius 2 is 2.00 bits per heavy atom. The van der Waals surface area contributed by atoms with Crippen LogP contribution < -0.4 is 0 Å². The Morgan fingerprint density at radius 3 is 2.46 bits per heavy atom. The molecule has 0 bridgehead atoms. The summed E-state index contributed by atoms with van der Waals surface area (Å²) in [5.41, 5.74) is 1.19. The van der Waals surface area contributed by atoms with Gasteiger partial charge in [-0.2, -0.15) is 0 Å². The van der Waals surface area contributed by atoms with Gasteiger partial charge in [0.25, 0.3) is 5.69 Å². The van der Waals surface area contributed by atoms with E-state index in [1.54, 1.807) is 12.1 Å². The molecule has 0 aliphatic carbocycles. The summed E-state index contributed by atoms with van der Waals surface area (Å²) in [5, 5.41) is 10.5. The summed E-state index contributed by atoms with van der Waals surface area (Å²) in [5.74, 6) is 0.327. The molecular formula is C9H10INO2. The van der Waals surface area contributed by atoms with Gasteiger partial charge in [0.1, 0.15) is 0 Å². The second kappa shape index (κ2) is 4.04. The second-order valence-electron chi connectivity index (χ2n) is 3.15.